The average molecular weight is 311 g/mol. The molecule has 4 rings (SSSR count). The van der Waals surface area contributed by atoms with Gasteiger partial charge in [0.05, 0.1) is 18.4 Å². The average Bonchev–Trinajstić information content (AvgIpc) is 3.28. The number of benzene rings is 1. The van der Waals surface area contributed by atoms with Gasteiger partial charge in [-0.2, -0.15) is 0 Å². The third kappa shape index (κ3) is 2.74. The van der Waals surface area contributed by atoms with E-state index in [0.717, 1.165) is 24.2 Å². The molecule has 2 aliphatic rings. The van der Waals surface area contributed by atoms with Crippen molar-refractivity contribution < 1.29 is 18.7 Å². The van der Waals surface area contributed by atoms with Gasteiger partial charge in [0, 0.05) is 12.5 Å². The molecule has 2 aromatic rings. The summed E-state index contributed by atoms with van der Waals surface area (Å²) in [6.45, 7) is 0.423. The second-order valence-electron chi connectivity index (χ2n) is 6.03. The first-order valence-corrected chi connectivity index (χ1v) is 7.84. The molecule has 5 heteroatoms. The largest absolute Gasteiger partial charge is 0.467 e. The predicted molar refractivity (Wildman–Crippen MR) is 81.6 cm³/mol. The highest BCUT2D eigenvalue weighted by Crippen LogP contribution is 2.31. The Labute approximate surface area is 133 Å². The number of hydrogen-bond donors (Lipinski definition) is 0. The molecule has 0 N–H and O–H groups in total. The molecular weight excluding hydrogens is 294 g/mol. The quantitative estimate of drug-likeness (QED) is 0.814. The van der Waals surface area contributed by atoms with Crippen LogP contribution in [0.5, 0.6) is 0 Å². The van der Waals surface area contributed by atoms with Gasteiger partial charge in [-0.1, -0.05) is 18.2 Å². The molecule has 0 radical (unpaired) electrons. The molecule has 0 unspecified atom stereocenters. The lowest BCUT2D eigenvalue weighted by Gasteiger charge is -2.29. The van der Waals surface area contributed by atoms with Gasteiger partial charge in [0.1, 0.15) is 5.76 Å². The van der Waals surface area contributed by atoms with Crippen LogP contribution in [0.2, 0.25) is 0 Å². The summed E-state index contributed by atoms with van der Waals surface area (Å²) in [6.07, 6.45) is 3.27. The van der Waals surface area contributed by atoms with E-state index in [2.05, 4.69) is 0 Å². The van der Waals surface area contributed by atoms with Crippen LogP contribution in [-0.4, -0.2) is 28.9 Å². The van der Waals surface area contributed by atoms with Crippen molar-refractivity contribution in [1.82, 2.24) is 4.90 Å². The zero-order chi connectivity index (χ0) is 15.8. The van der Waals surface area contributed by atoms with Crippen molar-refractivity contribution in [2.24, 2.45) is 0 Å². The van der Waals surface area contributed by atoms with E-state index in [1.807, 2.05) is 24.3 Å². The number of rotatable bonds is 4. The fraction of sp³-hybridized carbons (Fsp3) is 0.333. The highest BCUT2D eigenvalue weighted by Gasteiger charge is 2.40. The zero-order valence-electron chi connectivity index (χ0n) is 12.6. The SMILES string of the molecule is O=C1O[C@H](C(=O)N(Cc2ccco2)C2CC2)Cc2ccccc21. The van der Waals surface area contributed by atoms with Gasteiger partial charge in [-0.3, -0.25) is 4.79 Å². The molecule has 1 saturated carbocycles. The maximum atomic E-state index is 12.9. The van der Waals surface area contributed by atoms with Crippen LogP contribution in [0, 0.1) is 0 Å². The number of nitrogens with zero attached hydrogens (tertiary/aromatic N) is 1. The molecule has 5 nitrogen and oxygen atoms in total. The summed E-state index contributed by atoms with van der Waals surface area (Å²) in [5, 5.41) is 0. The lowest BCUT2D eigenvalue weighted by Crippen LogP contribution is -2.45. The van der Waals surface area contributed by atoms with Crippen molar-refractivity contribution in [3.05, 3.63) is 59.5 Å². The number of ether oxygens (including phenoxy) is 1. The van der Waals surface area contributed by atoms with E-state index in [9.17, 15) is 9.59 Å². The molecule has 0 bridgehead atoms. The Morgan fingerprint density at radius 1 is 1.17 bits per heavy atom. The molecule has 0 saturated heterocycles. The van der Waals surface area contributed by atoms with E-state index in [-0.39, 0.29) is 11.9 Å². The van der Waals surface area contributed by atoms with Gasteiger partial charge in [-0.25, -0.2) is 4.79 Å². The Balaban J connectivity index is 1.55. The van der Waals surface area contributed by atoms with E-state index in [1.54, 1.807) is 23.3 Å². The summed E-state index contributed by atoms with van der Waals surface area (Å²) in [5.41, 5.74) is 1.43. The third-order valence-electron chi connectivity index (χ3n) is 4.34. The van der Waals surface area contributed by atoms with Crippen LogP contribution < -0.4 is 0 Å². The summed E-state index contributed by atoms with van der Waals surface area (Å²) in [7, 11) is 0. The lowest BCUT2D eigenvalue weighted by atomic mass is 9.98. The molecule has 1 fully saturated rings. The van der Waals surface area contributed by atoms with Crippen LogP contribution in [0.15, 0.2) is 47.1 Å². The van der Waals surface area contributed by atoms with Crippen molar-refractivity contribution in [3.8, 4) is 0 Å². The molecule has 1 amide bonds. The Hall–Kier alpha value is -2.56. The number of carbonyl (C=O) groups is 2. The van der Waals surface area contributed by atoms with Gasteiger partial charge in [-0.05, 0) is 36.6 Å². The fourth-order valence-electron chi connectivity index (χ4n) is 3.00. The van der Waals surface area contributed by atoms with Crippen LogP contribution in [0.25, 0.3) is 0 Å². The van der Waals surface area contributed by atoms with Crippen LogP contribution in [-0.2, 0) is 22.5 Å². The summed E-state index contributed by atoms with van der Waals surface area (Å²) in [6, 6.07) is 11.2. The molecule has 1 aliphatic heterocycles. The van der Waals surface area contributed by atoms with Crippen LogP contribution in [0.4, 0.5) is 0 Å². The molecule has 1 atom stereocenters. The second-order valence-corrected chi connectivity index (χ2v) is 6.03. The molecule has 1 aromatic heterocycles. The van der Waals surface area contributed by atoms with Crippen molar-refractivity contribution >= 4 is 11.9 Å². The standard InChI is InChI=1S/C18H17NO4/c20-17(19(13-7-8-13)11-14-5-3-9-22-14)16-10-12-4-1-2-6-15(12)18(21)23-16/h1-6,9,13,16H,7-8,10-11H2/t16-/m0/s1. The number of amides is 1. The Bertz CT molecular complexity index is 733. The van der Waals surface area contributed by atoms with Crippen LogP contribution in [0.3, 0.4) is 0 Å². The molecule has 1 aromatic carbocycles. The van der Waals surface area contributed by atoms with Gasteiger partial charge >= 0.3 is 5.97 Å². The first-order valence-electron chi connectivity index (χ1n) is 7.84. The maximum absolute atomic E-state index is 12.9. The van der Waals surface area contributed by atoms with Crippen molar-refractivity contribution in [3.63, 3.8) is 0 Å². The smallest absolute Gasteiger partial charge is 0.339 e. The van der Waals surface area contributed by atoms with Crippen LogP contribution >= 0.6 is 0 Å². The van der Waals surface area contributed by atoms with Crippen molar-refractivity contribution in [2.75, 3.05) is 0 Å². The van der Waals surface area contributed by atoms with E-state index >= 15 is 0 Å². The summed E-state index contributed by atoms with van der Waals surface area (Å²) in [4.78, 5) is 26.8. The molecule has 2 heterocycles. The summed E-state index contributed by atoms with van der Waals surface area (Å²) < 4.78 is 10.7. The van der Waals surface area contributed by atoms with Crippen LogP contribution in [0.1, 0.15) is 34.5 Å². The maximum Gasteiger partial charge on any atom is 0.339 e. The molecular formula is C18H17NO4. The minimum absolute atomic E-state index is 0.133. The fourth-order valence-corrected chi connectivity index (χ4v) is 3.00. The Morgan fingerprint density at radius 2 is 2.00 bits per heavy atom. The Kier molecular flexibility index (Phi) is 3.41. The molecule has 1 aliphatic carbocycles. The van der Waals surface area contributed by atoms with Gasteiger partial charge in [0.25, 0.3) is 5.91 Å². The number of cyclic esters (lactones) is 1. The topological polar surface area (TPSA) is 59.8 Å². The van der Waals surface area contributed by atoms with Gasteiger partial charge in [-0.15, -0.1) is 0 Å². The van der Waals surface area contributed by atoms with E-state index < -0.39 is 12.1 Å². The summed E-state index contributed by atoms with van der Waals surface area (Å²) in [5.74, 6) is 0.193. The normalized spacial score (nSPS) is 19.8. The van der Waals surface area contributed by atoms with E-state index in [0.29, 0.717) is 18.5 Å². The molecule has 23 heavy (non-hydrogen) atoms. The van der Waals surface area contributed by atoms with E-state index in [4.69, 9.17) is 9.15 Å². The van der Waals surface area contributed by atoms with E-state index in [1.165, 1.54) is 0 Å². The number of carbonyl (C=O) groups excluding carboxylic acids is 2. The molecule has 0 spiro atoms. The zero-order valence-corrected chi connectivity index (χ0v) is 12.6. The van der Waals surface area contributed by atoms with Crippen molar-refractivity contribution in [2.45, 2.75) is 38.0 Å². The first-order chi connectivity index (χ1) is 11.2. The number of esters is 1. The van der Waals surface area contributed by atoms with Crippen molar-refractivity contribution in [1.29, 1.82) is 0 Å². The monoisotopic (exact) mass is 311 g/mol. The molecule has 118 valence electrons. The van der Waals surface area contributed by atoms with Gasteiger partial charge < -0.3 is 14.1 Å². The third-order valence-corrected chi connectivity index (χ3v) is 4.34. The minimum atomic E-state index is -0.743. The highest BCUT2D eigenvalue weighted by molar-refractivity contribution is 5.95. The second kappa shape index (κ2) is 5.57. The predicted octanol–water partition coefficient (Wildman–Crippen LogP) is 2.55. The highest BCUT2D eigenvalue weighted by atomic mass is 16.5. The lowest BCUT2D eigenvalue weighted by molar-refractivity contribution is -0.142. The number of furan rings is 1. The minimum Gasteiger partial charge on any atom is -0.467 e. The number of fused-ring (bicyclic) bond motifs is 1. The van der Waals surface area contributed by atoms with Gasteiger partial charge in [0.15, 0.2) is 6.10 Å². The summed E-state index contributed by atoms with van der Waals surface area (Å²) >= 11 is 0. The Morgan fingerprint density at radius 3 is 2.74 bits per heavy atom. The first kappa shape index (κ1) is 14.1. The van der Waals surface area contributed by atoms with Gasteiger partial charge in [0.2, 0.25) is 0 Å². The number of hydrogen-bond acceptors (Lipinski definition) is 4.